The molecule has 2 saturated carbocycles. The lowest BCUT2D eigenvalue weighted by molar-refractivity contribution is 0.0300. The van der Waals surface area contributed by atoms with Crippen LogP contribution in [0.15, 0.2) is 24.5 Å². The van der Waals surface area contributed by atoms with Gasteiger partial charge in [-0.3, -0.25) is 5.10 Å². The zero-order valence-corrected chi connectivity index (χ0v) is 19.8. The van der Waals surface area contributed by atoms with Gasteiger partial charge in [-0.1, -0.05) is 0 Å². The van der Waals surface area contributed by atoms with Gasteiger partial charge in [-0.2, -0.15) is 10.2 Å². The summed E-state index contributed by atoms with van der Waals surface area (Å²) in [7, 11) is 0. The SMILES string of the molecule is CC1(NC(=O)OC2CCC(c3cc(Nc4nccn5nc(COC6CCOC6)cc45)n[nH]3)C2)CC1. The molecule has 4 heterocycles. The summed E-state index contributed by atoms with van der Waals surface area (Å²) in [5.41, 5.74) is 2.65. The number of hydrogen-bond donors (Lipinski definition) is 3. The van der Waals surface area contributed by atoms with Gasteiger partial charge in [0.15, 0.2) is 11.6 Å². The molecule has 3 atom stereocenters. The molecule has 1 saturated heterocycles. The van der Waals surface area contributed by atoms with Crippen LogP contribution in [0.25, 0.3) is 5.52 Å². The summed E-state index contributed by atoms with van der Waals surface area (Å²) in [6.45, 7) is 3.88. The normalized spacial score (nSPS) is 25.1. The van der Waals surface area contributed by atoms with Gasteiger partial charge in [-0.05, 0) is 51.5 Å². The van der Waals surface area contributed by atoms with E-state index in [4.69, 9.17) is 14.2 Å². The van der Waals surface area contributed by atoms with E-state index in [0.717, 1.165) is 62.0 Å². The van der Waals surface area contributed by atoms with Gasteiger partial charge in [0, 0.05) is 42.2 Å². The Balaban J connectivity index is 1.07. The van der Waals surface area contributed by atoms with E-state index in [1.165, 1.54) is 0 Å². The minimum absolute atomic E-state index is 0.0653. The highest BCUT2D eigenvalue weighted by Crippen LogP contribution is 2.37. The second-order valence-corrected chi connectivity index (χ2v) is 10.1. The predicted octanol–water partition coefficient (Wildman–Crippen LogP) is 3.42. The second-order valence-electron chi connectivity index (χ2n) is 10.1. The first-order valence-electron chi connectivity index (χ1n) is 12.4. The molecular formula is C24H31N7O4. The van der Waals surface area contributed by atoms with Gasteiger partial charge in [0.2, 0.25) is 0 Å². The van der Waals surface area contributed by atoms with E-state index in [-0.39, 0.29) is 29.8 Å². The topological polar surface area (TPSA) is 128 Å². The quantitative estimate of drug-likeness (QED) is 0.447. The molecule has 11 heteroatoms. The van der Waals surface area contributed by atoms with E-state index >= 15 is 0 Å². The maximum atomic E-state index is 12.1. The summed E-state index contributed by atoms with van der Waals surface area (Å²) < 4.78 is 18.7. The molecule has 3 fully saturated rings. The Morgan fingerprint density at radius 1 is 1.29 bits per heavy atom. The van der Waals surface area contributed by atoms with E-state index in [2.05, 4.69) is 30.9 Å². The Morgan fingerprint density at radius 2 is 2.20 bits per heavy atom. The van der Waals surface area contributed by atoms with Gasteiger partial charge < -0.3 is 24.8 Å². The Labute approximate surface area is 202 Å². The lowest BCUT2D eigenvalue weighted by atomic mass is 10.0. The van der Waals surface area contributed by atoms with Crippen molar-refractivity contribution in [1.82, 2.24) is 30.1 Å². The molecule has 3 aromatic heterocycles. The molecule has 0 aromatic carbocycles. The first-order valence-corrected chi connectivity index (χ1v) is 12.4. The van der Waals surface area contributed by atoms with Crippen molar-refractivity contribution in [2.45, 2.75) is 75.7 Å². The maximum absolute atomic E-state index is 12.1. The number of fused-ring (bicyclic) bond motifs is 1. The zero-order valence-electron chi connectivity index (χ0n) is 19.8. The molecule has 35 heavy (non-hydrogen) atoms. The smallest absolute Gasteiger partial charge is 0.407 e. The number of rotatable bonds is 8. The Hall–Kier alpha value is -3.18. The standard InChI is InChI=1S/C24H31N7O4/c1-24(5-6-24)27-23(32)35-17-3-2-15(10-17)19-12-21(29-28-19)26-22-20-11-16(30-31(20)8-7-25-22)13-34-18-4-9-33-14-18/h7-8,11-12,15,17-18H,2-6,9-10,13-14H2,1H3,(H,27,32)(H2,25,26,28,29). The number of hydrogen-bond acceptors (Lipinski definition) is 8. The largest absolute Gasteiger partial charge is 0.446 e. The first-order chi connectivity index (χ1) is 17.0. The van der Waals surface area contributed by atoms with Crippen LogP contribution >= 0.6 is 0 Å². The molecule has 3 N–H and O–H groups in total. The number of alkyl carbamates (subject to hydrolysis) is 1. The number of amides is 1. The lowest BCUT2D eigenvalue weighted by Gasteiger charge is -2.16. The zero-order chi connectivity index (χ0) is 23.8. The molecule has 1 amide bonds. The third-order valence-corrected chi connectivity index (χ3v) is 7.14. The van der Waals surface area contributed by atoms with Crippen molar-refractivity contribution < 1.29 is 19.0 Å². The lowest BCUT2D eigenvalue weighted by Crippen LogP contribution is -2.36. The predicted molar refractivity (Wildman–Crippen MR) is 127 cm³/mol. The van der Waals surface area contributed by atoms with Crippen LogP contribution in [0.1, 0.15) is 62.8 Å². The second kappa shape index (κ2) is 9.12. The maximum Gasteiger partial charge on any atom is 0.407 e. The highest BCUT2D eigenvalue weighted by atomic mass is 16.6. The number of carbonyl (C=O) groups is 1. The van der Waals surface area contributed by atoms with Gasteiger partial charge >= 0.3 is 6.09 Å². The number of carbonyl (C=O) groups excluding carboxylic acids is 1. The van der Waals surface area contributed by atoms with Crippen molar-refractivity contribution in [3.63, 3.8) is 0 Å². The van der Waals surface area contributed by atoms with Gasteiger partial charge in [0.1, 0.15) is 11.6 Å². The number of nitrogens with one attached hydrogen (secondary N) is 3. The van der Waals surface area contributed by atoms with E-state index in [0.29, 0.717) is 24.8 Å². The van der Waals surface area contributed by atoms with Crippen molar-refractivity contribution in [2.75, 3.05) is 18.5 Å². The van der Waals surface area contributed by atoms with Crippen LogP contribution in [0.5, 0.6) is 0 Å². The first kappa shape index (κ1) is 22.3. The van der Waals surface area contributed by atoms with E-state index in [1.807, 2.05) is 25.3 Å². The molecular weight excluding hydrogens is 450 g/mol. The summed E-state index contributed by atoms with van der Waals surface area (Å²) in [6, 6.07) is 3.98. The molecule has 186 valence electrons. The number of ether oxygens (including phenoxy) is 3. The summed E-state index contributed by atoms with van der Waals surface area (Å²) in [5.74, 6) is 1.63. The average molecular weight is 482 g/mol. The van der Waals surface area contributed by atoms with E-state index < -0.39 is 0 Å². The number of aromatic nitrogens is 5. The van der Waals surface area contributed by atoms with Crippen LogP contribution in [0.3, 0.4) is 0 Å². The third-order valence-electron chi connectivity index (χ3n) is 7.14. The van der Waals surface area contributed by atoms with Gasteiger partial charge in [-0.15, -0.1) is 0 Å². The minimum Gasteiger partial charge on any atom is -0.446 e. The highest BCUT2D eigenvalue weighted by Gasteiger charge is 2.40. The molecule has 3 aromatic rings. The molecule has 0 spiro atoms. The summed E-state index contributed by atoms with van der Waals surface area (Å²) in [4.78, 5) is 16.6. The van der Waals surface area contributed by atoms with E-state index in [1.54, 1.807) is 10.7 Å². The van der Waals surface area contributed by atoms with Crippen LogP contribution in [0.4, 0.5) is 16.4 Å². The number of H-pyrrole nitrogens is 1. The molecule has 11 nitrogen and oxygen atoms in total. The molecule has 0 radical (unpaired) electrons. The molecule has 6 rings (SSSR count). The fourth-order valence-electron chi connectivity index (χ4n) is 4.79. The molecule has 2 aliphatic carbocycles. The fourth-order valence-corrected chi connectivity index (χ4v) is 4.79. The summed E-state index contributed by atoms with van der Waals surface area (Å²) in [5, 5.41) is 18.4. The number of nitrogens with zero attached hydrogens (tertiary/aromatic N) is 4. The summed E-state index contributed by atoms with van der Waals surface area (Å²) in [6.07, 6.45) is 8.83. The summed E-state index contributed by atoms with van der Waals surface area (Å²) >= 11 is 0. The van der Waals surface area contributed by atoms with Crippen molar-refractivity contribution in [2.24, 2.45) is 0 Å². The Bertz CT molecular complexity index is 1200. The van der Waals surface area contributed by atoms with Crippen molar-refractivity contribution in [3.8, 4) is 0 Å². The van der Waals surface area contributed by atoms with Gasteiger partial charge in [0.25, 0.3) is 0 Å². The Kier molecular flexibility index (Phi) is 5.81. The van der Waals surface area contributed by atoms with Crippen LogP contribution in [0.2, 0.25) is 0 Å². The van der Waals surface area contributed by atoms with Crippen molar-refractivity contribution in [3.05, 3.63) is 35.9 Å². The minimum atomic E-state index is -0.302. The van der Waals surface area contributed by atoms with Gasteiger partial charge in [0.05, 0.1) is 25.0 Å². The van der Waals surface area contributed by atoms with Crippen LogP contribution in [-0.2, 0) is 20.8 Å². The monoisotopic (exact) mass is 481 g/mol. The molecule has 3 aliphatic rings. The van der Waals surface area contributed by atoms with Crippen LogP contribution in [-0.4, -0.2) is 61.8 Å². The van der Waals surface area contributed by atoms with Gasteiger partial charge in [-0.25, -0.2) is 14.3 Å². The fraction of sp³-hybridized carbons (Fsp3) is 0.583. The highest BCUT2D eigenvalue weighted by molar-refractivity contribution is 5.72. The van der Waals surface area contributed by atoms with Crippen LogP contribution < -0.4 is 10.6 Å². The molecule has 1 aliphatic heterocycles. The van der Waals surface area contributed by atoms with E-state index in [9.17, 15) is 4.79 Å². The van der Waals surface area contributed by atoms with Crippen molar-refractivity contribution >= 4 is 23.2 Å². The third kappa shape index (κ3) is 5.10. The molecule has 0 bridgehead atoms. The molecule has 3 unspecified atom stereocenters. The number of aromatic amines is 1. The Morgan fingerprint density at radius 3 is 3.03 bits per heavy atom. The van der Waals surface area contributed by atoms with Crippen LogP contribution in [0, 0.1) is 0 Å². The number of anilines is 2. The average Bonchev–Trinajstić information content (AvgIpc) is 3.41. The van der Waals surface area contributed by atoms with Crippen molar-refractivity contribution in [1.29, 1.82) is 0 Å².